The summed E-state index contributed by atoms with van der Waals surface area (Å²) in [6.07, 6.45) is 0. The number of nitrogens with zero attached hydrogens (tertiary/aromatic N) is 2. The maximum Gasteiger partial charge on any atom is 0.374 e. The van der Waals surface area contributed by atoms with E-state index in [0.29, 0.717) is 0 Å². The van der Waals surface area contributed by atoms with Crippen molar-refractivity contribution in [2.75, 3.05) is 5.73 Å². The molecule has 0 amide bonds. The number of aromatic carboxylic acids is 1. The number of nitrogens with two attached hydrogens (primary N) is 1. The van der Waals surface area contributed by atoms with Crippen molar-refractivity contribution in [1.82, 2.24) is 19.9 Å². The monoisotopic (exact) mass is 195 g/mol. The molecule has 0 fully saturated rings. The Hall–Kier alpha value is -2.38. The van der Waals surface area contributed by atoms with E-state index >= 15 is 0 Å². The van der Waals surface area contributed by atoms with Crippen LogP contribution in [0.2, 0.25) is 0 Å². The molecule has 0 aliphatic carbocycles. The minimum Gasteiger partial charge on any atom is -0.475 e. The van der Waals surface area contributed by atoms with Crippen LogP contribution in [-0.2, 0) is 0 Å². The number of imidazole rings is 1. The number of carboxylic acids is 1. The topological polar surface area (TPSA) is 138 Å². The van der Waals surface area contributed by atoms with Crippen molar-refractivity contribution in [3.8, 4) is 0 Å². The molecule has 0 radical (unpaired) electrons. The Morgan fingerprint density at radius 2 is 2.07 bits per heavy atom. The molecule has 0 saturated carbocycles. The van der Waals surface area contributed by atoms with Crippen LogP contribution in [-0.4, -0.2) is 31.0 Å². The molecule has 0 bridgehead atoms. The number of aromatic nitrogens is 4. The number of carbonyl (C=O) groups is 1. The predicted octanol–water partition coefficient (Wildman–Crippen LogP) is -1.07. The zero-order chi connectivity index (χ0) is 10.3. The maximum absolute atomic E-state index is 10.8. The van der Waals surface area contributed by atoms with Gasteiger partial charge in [-0.3, -0.25) is 4.98 Å². The number of hydrogen-bond acceptors (Lipinski definition) is 5. The molecule has 2 aromatic heterocycles. The van der Waals surface area contributed by atoms with E-state index in [1.807, 2.05) is 0 Å². The fourth-order valence-electron chi connectivity index (χ4n) is 1.04. The standard InChI is InChI=1S/C6H5N5O3/c7-2-1-3(11-6(14)8-1)10-4(9-2)5(12)13/h(H,12,13)(H4,7,8,9,10,11,14). The zero-order valence-corrected chi connectivity index (χ0v) is 6.74. The van der Waals surface area contributed by atoms with Gasteiger partial charge >= 0.3 is 11.7 Å². The van der Waals surface area contributed by atoms with Crippen LogP contribution in [0.1, 0.15) is 10.6 Å². The Morgan fingerprint density at radius 1 is 1.36 bits per heavy atom. The first kappa shape index (κ1) is 8.23. The number of aromatic amines is 2. The van der Waals surface area contributed by atoms with Crippen LogP contribution in [0.25, 0.3) is 11.2 Å². The molecule has 8 heteroatoms. The van der Waals surface area contributed by atoms with Crippen LogP contribution < -0.4 is 11.4 Å². The van der Waals surface area contributed by atoms with Crippen molar-refractivity contribution in [1.29, 1.82) is 0 Å². The number of nitrogen functional groups attached to an aromatic ring is 1. The third-order valence-corrected chi connectivity index (χ3v) is 1.60. The van der Waals surface area contributed by atoms with Crippen molar-refractivity contribution in [2.24, 2.45) is 0 Å². The Morgan fingerprint density at radius 3 is 2.71 bits per heavy atom. The minimum absolute atomic E-state index is 0.0780. The van der Waals surface area contributed by atoms with Gasteiger partial charge in [-0.1, -0.05) is 0 Å². The van der Waals surface area contributed by atoms with Crippen molar-refractivity contribution >= 4 is 23.0 Å². The van der Waals surface area contributed by atoms with Crippen LogP contribution in [0.3, 0.4) is 0 Å². The highest BCUT2D eigenvalue weighted by Crippen LogP contribution is 2.10. The Bertz CT molecular complexity index is 568. The average Bonchev–Trinajstić information content (AvgIpc) is 2.45. The lowest BCUT2D eigenvalue weighted by Gasteiger charge is -1.95. The fourth-order valence-corrected chi connectivity index (χ4v) is 1.04. The number of carboxylic acid groups (broad SMARTS) is 1. The number of H-pyrrole nitrogens is 2. The lowest BCUT2D eigenvalue weighted by Crippen LogP contribution is -2.06. The number of hydrogen-bond donors (Lipinski definition) is 4. The van der Waals surface area contributed by atoms with E-state index in [9.17, 15) is 9.59 Å². The lowest BCUT2D eigenvalue weighted by molar-refractivity contribution is 0.0684. The molecule has 0 spiro atoms. The summed E-state index contributed by atoms with van der Waals surface area (Å²) < 4.78 is 0. The van der Waals surface area contributed by atoms with Gasteiger partial charge in [-0.05, 0) is 0 Å². The third kappa shape index (κ3) is 1.09. The predicted molar refractivity (Wildman–Crippen MR) is 45.9 cm³/mol. The summed E-state index contributed by atoms with van der Waals surface area (Å²) in [4.78, 5) is 33.1. The molecule has 0 unspecified atom stereocenters. The molecule has 72 valence electrons. The molecule has 2 heterocycles. The fraction of sp³-hybridized carbons (Fsp3) is 0. The summed E-state index contributed by atoms with van der Waals surface area (Å²) in [6.45, 7) is 0. The van der Waals surface area contributed by atoms with Gasteiger partial charge in [-0.25, -0.2) is 19.6 Å². The summed E-state index contributed by atoms with van der Waals surface area (Å²) in [5, 5.41) is 8.59. The minimum atomic E-state index is -1.30. The summed E-state index contributed by atoms with van der Waals surface area (Å²) in [5.41, 5.74) is 5.18. The average molecular weight is 195 g/mol. The second-order valence-corrected chi connectivity index (χ2v) is 2.54. The smallest absolute Gasteiger partial charge is 0.374 e. The summed E-state index contributed by atoms with van der Waals surface area (Å²) >= 11 is 0. The highest BCUT2D eigenvalue weighted by atomic mass is 16.4. The van der Waals surface area contributed by atoms with Crippen LogP contribution in [0.15, 0.2) is 4.79 Å². The molecule has 0 aliphatic heterocycles. The number of nitrogens with one attached hydrogen (secondary N) is 2. The van der Waals surface area contributed by atoms with Crippen LogP contribution in [0, 0.1) is 0 Å². The van der Waals surface area contributed by atoms with E-state index in [4.69, 9.17) is 10.8 Å². The Kier molecular flexibility index (Phi) is 1.50. The van der Waals surface area contributed by atoms with Gasteiger partial charge in [0.05, 0.1) is 0 Å². The molecule has 0 atom stereocenters. The highest BCUT2D eigenvalue weighted by molar-refractivity contribution is 5.89. The van der Waals surface area contributed by atoms with Crippen LogP contribution in [0.4, 0.5) is 5.82 Å². The first-order chi connectivity index (χ1) is 6.58. The Labute approximate surface area is 75.8 Å². The van der Waals surface area contributed by atoms with E-state index in [0.717, 1.165) is 0 Å². The summed E-state index contributed by atoms with van der Waals surface area (Å²) in [5.74, 6) is -1.84. The molecule has 2 aromatic rings. The second-order valence-electron chi connectivity index (χ2n) is 2.54. The molecule has 14 heavy (non-hydrogen) atoms. The lowest BCUT2D eigenvalue weighted by atomic mass is 10.4. The summed E-state index contributed by atoms with van der Waals surface area (Å²) in [6, 6.07) is 0. The molecule has 5 N–H and O–H groups in total. The highest BCUT2D eigenvalue weighted by Gasteiger charge is 2.12. The molecule has 8 nitrogen and oxygen atoms in total. The van der Waals surface area contributed by atoms with Crippen molar-refractivity contribution in [3.63, 3.8) is 0 Å². The van der Waals surface area contributed by atoms with Crippen LogP contribution in [0.5, 0.6) is 0 Å². The Balaban J connectivity index is 2.84. The van der Waals surface area contributed by atoms with Gasteiger partial charge in [0.15, 0.2) is 11.5 Å². The summed E-state index contributed by atoms with van der Waals surface area (Å²) in [7, 11) is 0. The number of rotatable bonds is 1. The van der Waals surface area contributed by atoms with Gasteiger partial charge < -0.3 is 15.8 Å². The van der Waals surface area contributed by atoms with Gasteiger partial charge in [0.1, 0.15) is 5.52 Å². The first-order valence-corrected chi connectivity index (χ1v) is 3.56. The molecule has 0 aliphatic rings. The third-order valence-electron chi connectivity index (χ3n) is 1.60. The quantitative estimate of drug-likeness (QED) is 0.457. The largest absolute Gasteiger partial charge is 0.475 e. The van der Waals surface area contributed by atoms with E-state index < -0.39 is 17.5 Å². The SMILES string of the molecule is Nc1nc(C(=O)O)nc2[nH]c(=O)[nH]c12. The number of fused-ring (bicyclic) bond motifs is 1. The van der Waals surface area contributed by atoms with Crippen LogP contribution >= 0.6 is 0 Å². The maximum atomic E-state index is 10.8. The van der Waals surface area contributed by atoms with E-state index in [-0.39, 0.29) is 17.0 Å². The van der Waals surface area contributed by atoms with E-state index in [1.54, 1.807) is 0 Å². The second kappa shape index (κ2) is 2.55. The van der Waals surface area contributed by atoms with Gasteiger partial charge in [0, 0.05) is 0 Å². The normalized spacial score (nSPS) is 10.6. The number of anilines is 1. The van der Waals surface area contributed by atoms with Gasteiger partial charge in [-0.2, -0.15) is 0 Å². The van der Waals surface area contributed by atoms with Gasteiger partial charge in [0.2, 0.25) is 5.82 Å². The molecular weight excluding hydrogens is 190 g/mol. The molecular formula is C6H5N5O3. The molecule has 0 aromatic carbocycles. The molecule has 0 saturated heterocycles. The van der Waals surface area contributed by atoms with Crippen molar-refractivity contribution in [3.05, 3.63) is 16.3 Å². The van der Waals surface area contributed by atoms with Gasteiger partial charge in [0.25, 0.3) is 0 Å². The molecule has 2 rings (SSSR count). The van der Waals surface area contributed by atoms with E-state index in [2.05, 4.69) is 19.9 Å². The zero-order valence-electron chi connectivity index (χ0n) is 6.74. The van der Waals surface area contributed by atoms with E-state index in [1.165, 1.54) is 0 Å². The van der Waals surface area contributed by atoms with Crippen molar-refractivity contribution in [2.45, 2.75) is 0 Å². The van der Waals surface area contributed by atoms with Gasteiger partial charge in [-0.15, -0.1) is 0 Å². The van der Waals surface area contributed by atoms with Crippen molar-refractivity contribution < 1.29 is 9.90 Å². The first-order valence-electron chi connectivity index (χ1n) is 3.56.